The Kier molecular flexibility index (Phi) is 6.92. The summed E-state index contributed by atoms with van der Waals surface area (Å²) in [6, 6.07) is 21.5. The van der Waals surface area contributed by atoms with E-state index in [-0.39, 0.29) is 17.0 Å². The Morgan fingerprint density at radius 3 is 2.46 bits per heavy atom. The normalized spacial score (nSPS) is 15.3. The van der Waals surface area contributed by atoms with Crippen LogP contribution in [0, 0.1) is 6.92 Å². The standard InChI is InChI=1S/C29H26Cl2N4OS/c1-18-9-14-21(15-24(18)31)35-27(19-10-12-20(30)13-11-19)32-33-28(35)37-17-22(36)16-26-29(2,3)23-7-5-6-8-25(23)34(26)4/h5-16H,17H2,1-4H3/b26-16-. The first-order chi connectivity index (χ1) is 17.7. The van der Waals surface area contributed by atoms with Crippen LogP contribution < -0.4 is 4.90 Å². The summed E-state index contributed by atoms with van der Waals surface area (Å²) in [6.07, 6.45) is 1.76. The number of thioether (sulfide) groups is 1. The Labute approximate surface area is 231 Å². The summed E-state index contributed by atoms with van der Waals surface area (Å²) in [7, 11) is 2.01. The van der Waals surface area contributed by atoms with Gasteiger partial charge in [0, 0.05) is 45.5 Å². The van der Waals surface area contributed by atoms with E-state index in [2.05, 4.69) is 41.1 Å². The van der Waals surface area contributed by atoms with Crippen LogP contribution in [0.3, 0.4) is 0 Å². The molecule has 1 aliphatic heterocycles. The lowest BCUT2D eigenvalue weighted by molar-refractivity contribution is -0.112. The minimum atomic E-state index is -0.258. The van der Waals surface area contributed by atoms with Crippen molar-refractivity contribution >= 4 is 46.4 Å². The molecule has 0 atom stereocenters. The number of halogens is 2. The number of rotatable bonds is 6. The van der Waals surface area contributed by atoms with Crippen LogP contribution in [0.5, 0.6) is 0 Å². The van der Waals surface area contributed by atoms with Gasteiger partial charge in [-0.15, -0.1) is 10.2 Å². The van der Waals surface area contributed by atoms with E-state index in [1.807, 2.05) is 73.1 Å². The number of fused-ring (bicyclic) bond motifs is 1. The third kappa shape index (κ3) is 4.81. The van der Waals surface area contributed by atoms with Crippen molar-refractivity contribution in [3.63, 3.8) is 0 Å². The first-order valence-corrected chi connectivity index (χ1v) is 13.6. The highest BCUT2D eigenvalue weighted by Crippen LogP contribution is 2.46. The van der Waals surface area contributed by atoms with Crippen LogP contribution in [0.1, 0.15) is 25.0 Å². The fraction of sp³-hybridized carbons (Fsp3) is 0.207. The monoisotopic (exact) mass is 548 g/mol. The molecule has 0 fully saturated rings. The summed E-state index contributed by atoms with van der Waals surface area (Å²) in [4.78, 5) is 15.3. The third-order valence-corrected chi connectivity index (χ3v) is 8.34. The molecule has 1 aromatic heterocycles. The predicted octanol–water partition coefficient (Wildman–Crippen LogP) is 7.52. The zero-order valence-electron chi connectivity index (χ0n) is 21.0. The maximum absolute atomic E-state index is 13.2. The average molecular weight is 550 g/mol. The van der Waals surface area contributed by atoms with Gasteiger partial charge in [-0.2, -0.15) is 0 Å². The van der Waals surface area contributed by atoms with E-state index in [1.165, 1.54) is 17.3 Å². The number of likely N-dealkylation sites (N-methyl/N-ethyl adjacent to an activating group) is 1. The van der Waals surface area contributed by atoms with Crippen LogP contribution >= 0.6 is 35.0 Å². The molecule has 8 heteroatoms. The fourth-order valence-electron chi connectivity index (χ4n) is 4.69. The van der Waals surface area contributed by atoms with Crippen molar-refractivity contribution in [2.75, 3.05) is 17.7 Å². The van der Waals surface area contributed by atoms with E-state index in [0.29, 0.717) is 21.0 Å². The third-order valence-electron chi connectivity index (χ3n) is 6.73. The maximum atomic E-state index is 13.2. The van der Waals surface area contributed by atoms with Gasteiger partial charge in [-0.05, 0) is 60.5 Å². The number of hydrogen-bond donors (Lipinski definition) is 0. The molecule has 0 unspecified atom stereocenters. The van der Waals surface area contributed by atoms with Gasteiger partial charge < -0.3 is 4.90 Å². The van der Waals surface area contributed by atoms with Crippen LogP contribution in [0.15, 0.2) is 83.7 Å². The lowest BCUT2D eigenvalue weighted by Crippen LogP contribution is -2.24. The molecule has 1 aliphatic rings. The van der Waals surface area contributed by atoms with Crippen molar-refractivity contribution in [2.45, 2.75) is 31.3 Å². The molecule has 0 N–H and O–H groups in total. The number of allylic oxidation sites excluding steroid dienone is 2. The highest BCUT2D eigenvalue weighted by atomic mass is 35.5. The van der Waals surface area contributed by atoms with Crippen molar-refractivity contribution in [1.82, 2.24) is 14.8 Å². The second-order valence-corrected chi connectivity index (χ2v) is 11.4. The summed E-state index contributed by atoms with van der Waals surface area (Å²) < 4.78 is 1.93. The highest BCUT2D eigenvalue weighted by molar-refractivity contribution is 7.99. The van der Waals surface area contributed by atoms with Crippen molar-refractivity contribution in [1.29, 1.82) is 0 Å². The SMILES string of the molecule is Cc1ccc(-n2c(SCC(=O)/C=C3\N(C)c4ccccc4C3(C)C)nnc2-c2ccc(Cl)cc2)cc1Cl. The molecule has 2 heterocycles. The zero-order valence-corrected chi connectivity index (χ0v) is 23.3. The molecule has 188 valence electrons. The predicted molar refractivity (Wildman–Crippen MR) is 153 cm³/mol. The van der Waals surface area contributed by atoms with Crippen molar-refractivity contribution in [3.05, 3.63) is 99.7 Å². The van der Waals surface area contributed by atoms with E-state index < -0.39 is 0 Å². The molecule has 0 spiro atoms. The fourth-order valence-corrected chi connectivity index (χ4v) is 5.77. The number of aromatic nitrogens is 3. The van der Waals surface area contributed by atoms with E-state index in [0.717, 1.165) is 28.2 Å². The Bertz CT molecular complexity index is 1530. The molecule has 0 saturated carbocycles. The number of hydrogen-bond acceptors (Lipinski definition) is 5. The molecule has 0 amide bonds. The quantitative estimate of drug-likeness (QED) is 0.184. The second-order valence-electron chi connectivity index (χ2n) is 9.57. The van der Waals surface area contributed by atoms with Crippen molar-refractivity contribution in [3.8, 4) is 17.1 Å². The summed E-state index contributed by atoms with van der Waals surface area (Å²) in [5.41, 5.74) is 5.73. The highest BCUT2D eigenvalue weighted by Gasteiger charge is 2.38. The van der Waals surface area contributed by atoms with Gasteiger partial charge in [0.1, 0.15) is 0 Å². The zero-order chi connectivity index (χ0) is 26.3. The molecule has 5 nitrogen and oxygen atoms in total. The van der Waals surface area contributed by atoms with Gasteiger partial charge in [0.25, 0.3) is 0 Å². The number of carbonyl (C=O) groups excluding carboxylic acids is 1. The van der Waals surface area contributed by atoms with E-state index in [1.54, 1.807) is 6.08 Å². The lowest BCUT2D eigenvalue weighted by atomic mass is 9.83. The first-order valence-electron chi connectivity index (χ1n) is 11.9. The molecule has 4 aromatic rings. The van der Waals surface area contributed by atoms with Gasteiger partial charge in [-0.3, -0.25) is 9.36 Å². The largest absolute Gasteiger partial charge is 0.347 e. The number of benzene rings is 3. The van der Waals surface area contributed by atoms with Crippen LogP contribution in [0.2, 0.25) is 10.0 Å². The van der Waals surface area contributed by atoms with Gasteiger partial charge in [0.15, 0.2) is 16.8 Å². The van der Waals surface area contributed by atoms with E-state index >= 15 is 0 Å². The van der Waals surface area contributed by atoms with Crippen LogP contribution in [0.25, 0.3) is 17.1 Å². The Morgan fingerprint density at radius 1 is 1.03 bits per heavy atom. The lowest BCUT2D eigenvalue weighted by Gasteiger charge is -2.23. The smallest absolute Gasteiger partial charge is 0.196 e. The molecule has 3 aromatic carbocycles. The minimum absolute atomic E-state index is 0.0114. The van der Waals surface area contributed by atoms with Gasteiger partial charge in [0.2, 0.25) is 0 Å². The maximum Gasteiger partial charge on any atom is 0.196 e. The molecule has 5 rings (SSSR count). The molecular weight excluding hydrogens is 523 g/mol. The molecule has 0 radical (unpaired) electrons. The number of para-hydroxylation sites is 1. The van der Waals surface area contributed by atoms with Gasteiger partial charge >= 0.3 is 0 Å². The first kappa shape index (κ1) is 25.6. The second kappa shape index (κ2) is 10.0. The molecule has 0 bridgehead atoms. The van der Waals surface area contributed by atoms with Crippen LogP contribution in [-0.4, -0.2) is 33.3 Å². The summed E-state index contributed by atoms with van der Waals surface area (Å²) >= 11 is 13.9. The average Bonchev–Trinajstić information content (AvgIpc) is 3.38. The number of anilines is 1. The molecule has 37 heavy (non-hydrogen) atoms. The Hall–Kier alpha value is -3.06. The van der Waals surface area contributed by atoms with Crippen molar-refractivity contribution < 1.29 is 4.79 Å². The van der Waals surface area contributed by atoms with Gasteiger partial charge in [-0.25, -0.2) is 0 Å². The summed E-state index contributed by atoms with van der Waals surface area (Å²) in [5.74, 6) is 0.886. The Balaban J connectivity index is 1.45. The minimum Gasteiger partial charge on any atom is -0.347 e. The number of aryl methyl sites for hydroxylation is 1. The number of carbonyl (C=O) groups is 1. The van der Waals surface area contributed by atoms with E-state index in [9.17, 15) is 4.79 Å². The van der Waals surface area contributed by atoms with Crippen LogP contribution in [-0.2, 0) is 10.2 Å². The van der Waals surface area contributed by atoms with Gasteiger partial charge in [-0.1, -0.05) is 73.1 Å². The van der Waals surface area contributed by atoms with Crippen LogP contribution in [0.4, 0.5) is 5.69 Å². The number of nitrogens with zero attached hydrogens (tertiary/aromatic N) is 4. The number of ketones is 1. The Morgan fingerprint density at radius 2 is 1.76 bits per heavy atom. The van der Waals surface area contributed by atoms with Crippen molar-refractivity contribution in [2.24, 2.45) is 0 Å². The molecular formula is C29H26Cl2N4OS. The molecule has 0 aliphatic carbocycles. The van der Waals surface area contributed by atoms with E-state index in [4.69, 9.17) is 23.2 Å². The van der Waals surface area contributed by atoms with Gasteiger partial charge in [0.05, 0.1) is 11.4 Å². The molecule has 0 saturated heterocycles. The summed E-state index contributed by atoms with van der Waals surface area (Å²) in [5, 5.41) is 10.8. The summed E-state index contributed by atoms with van der Waals surface area (Å²) in [6.45, 7) is 6.26. The topological polar surface area (TPSA) is 51.0 Å².